The Labute approximate surface area is 187 Å². The van der Waals surface area contributed by atoms with Gasteiger partial charge in [0.2, 0.25) is 0 Å². The second-order valence-corrected chi connectivity index (χ2v) is 7.08. The molecule has 0 spiro atoms. The van der Waals surface area contributed by atoms with Crippen molar-refractivity contribution < 1.29 is 33.7 Å². The number of aromatic hydroxyl groups is 1. The number of nitrogens with one attached hydrogen (secondary N) is 2. The standard InChI is InChI=1S/C22H21FN4O6/c1-33-11-16(28)26-21-15-9-13(8-12-2-4-14(23)5-3-12)10-25-18(15)20(31)19(27-21)22(32)24-7-6-17(29)30/h2-5,9-10,31H,6-8,11H2,1H3,(H,24,32)(H,29,30)(H,26,27,28). The van der Waals surface area contributed by atoms with E-state index in [4.69, 9.17) is 9.84 Å². The van der Waals surface area contributed by atoms with E-state index in [2.05, 4.69) is 20.6 Å². The number of pyridine rings is 2. The molecule has 33 heavy (non-hydrogen) atoms. The number of carboxylic acid groups (broad SMARTS) is 1. The van der Waals surface area contributed by atoms with Crippen LogP contribution in [0, 0.1) is 5.82 Å². The van der Waals surface area contributed by atoms with Gasteiger partial charge in [0, 0.05) is 25.2 Å². The van der Waals surface area contributed by atoms with Crippen LogP contribution in [0.3, 0.4) is 0 Å². The molecule has 3 aromatic rings. The van der Waals surface area contributed by atoms with Gasteiger partial charge >= 0.3 is 5.97 Å². The smallest absolute Gasteiger partial charge is 0.305 e. The van der Waals surface area contributed by atoms with Gasteiger partial charge in [-0.15, -0.1) is 0 Å². The van der Waals surface area contributed by atoms with Gasteiger partial charge in [-0.1, -0.05) is 12.1 Å². The van der Waals surface area contributed by atoms with E-state index in [0.29, 0.717) is 12.0 Å². The summed E-state index contributed by atoms with van der Waals surface area (Å²) in [5.41, 5.74) is 1.11. The van der Waals surface area contributed by atoms with Crippen molar-refractivity contribution in [2.24, 2.45) is 0 Å². The van der Waals surface area contributed by atoms with Gasteiger partial charge in [0.25, 0.3) is 11.8 Å². The zero-order chi connectivity index (χ0) is 24.0. The molecule has 2 heterocycles. The number of carboxylic acids is 1. The number of carbonyl (C=O) groups excluding carboxylic acids is 2. The summed E-state index contributed by atoms with van der Waals surface area (Å²) >= 11 is 0. The van der Waals surface area contributed by atoms with E-state index in [9.17, 15) is 23.9 Å². The molecule has 11 heteroatoms. The van der Waals surface area contributed by atoms with E-state index in [1.165, 1.54) is 25.4 Å². The summed E-state index contributed by atoms with van der Waals surface area (Å²) in [6, 6.07) is 7.57. The highest BCUT2D eigenvalue weighted by Crippen LogP contribution is 2.32. The molecule has 0 saturated carbocycles. The number of fused-ring (bicyclic) bond motifs is 1. The second kappa shape index (κ2) is 10.5. The van der Waals surface area contributed by atoms with Crippen LogP contribution >= 0.6 is 0 Å². The highest BCUT2D eigenvalue weighted by Gasteiger charge is 2.21. The van der Waals surface area contributed by atoms with Crippen molar-refractivity contribution in [1.29, 1.82) is 0 Å². The summed E-state index contributed by atoms with van der Waals surface area (Å²) in [6.07, 6.45) is 1.56. The maximum Gasteiger partial charge on any atom is 0.305 e. The lowest BCUT2D eigenvalue weighted by atomic mass is 10.0. The summed E-state index contributed by atoms with van der Waals surface area (Å²) in [7, 11) is 1.34. The number of methoxy groups -OCH3 is 1. The van der Waals surface area contributed by atoms with E-state index in [1.807, 2.05) is 0 Å². The van der Waals surface area contributed by atoms with Crippen molar-refractivity contribution in [2.75, 3.05) is 25.6 Å². The first-order valence-electron chi connectivity index (χ1n) is 9.83. The third kappa shape index (κ3) is 5.98. The van der Waals surface area contributed by atoms with E-state index < -0.39 is 29.2 Å². The van der Waals surface area contributed by atoms with Gasteiger partial charge in [-0.05, 0) is 35.7 Å². The van der Waals surface area contributed by atoms with Gasteiger partial charge in [0.15, 0.2) is 11.4 Å². The lowest BCUT2D eigenvalue weighted by Crippen LogP contribution is -2.27. The van der Waals surface area contributed by atoms with Gasteiger partial charge < -0.3 is 25.6 Å². The molecule has 4 N–H and O–H groups in total. The number of anilines is 1. The fourth-order valence-electron chi connectivity index (χ4n) is 3.07. The fourth-order valence-corrected chi connectivity index (χ4v) is 3.07. The number of carbonyl (C=O) groups is 3. The molecule has 10 nitrogen and oxygen atoms in total. The predicted octanol–water partition coefficient (Wildman–Crippen LogP) is 1.85. The van der Waals surface area contributed by atoms with Crippen molar-refractivity contribution in [1.82, 2.24) is 15.3 Å². The van der Waals surface area contributed by atoms with Crippen LogP contribution in [-0.4, -0.2) is 58.2 Å². The molecule has 172 valence electrons. The lowest BCUT2D eigenvalue weighted by Gasteiger charge is -2.13. The van der Waals surface area contributed by atoms with Gasteiger partial charge in [-0.3, -0.25) is 19.4 Å². The number of amides is 2. The highest BCUT2D eigenvalue weighted by atomic mass is 19.1. The number of hydrogen-bond donors (Lipinski definition) is 4. The molecule has 0 saturated heterocycles. The highest BCUT2D eigenvalue weighted by molar-refractivity contribution is 6.07. The van der Waals surface area contributed by atoms with Crippen LogP contribution in [0.25, 0.3) is 10.9 Å². The first-order chi connectivity index (χ1) is 15.8. The molecular weight excluding hydrogens is 435 g/mol. The maximum absolute atomic E-state index is 13.2. The average molecular weight is 456 g/mol. The zero-order valence-electron chi connectivity index (χ0n) is 17.6. The molecular formula is C22H21FN4O6. The van der Waals surface area contributed by atoms with E-state index in [1.54, 1.807) is 18.2 Å². The van der Waals surface area contributed by atoms with Crippen LogP contribution < -0.4 is 10.6 Å². The SMILES string of the molecule is COCC(=O)Nc1nc(C(=O)NCCC(=O)O)c(O)c2ncc(Cc3ccc(F)cc3)cc12. The Hall–Kier alpha value is -4.12. The van der Waals surface area contributed by atoms with Crippen LogP contribution in [0.15, 0.2) is 36.5 Å². The number of ether oxygens (including phenoxy) is 1. The van der Waals surface area contributed by atoms with Crippen LogP contribution in [0.5, 0.6) is 5.75 Å². The Bertz CT molecular complexity index is 1200. The van der Waals surface area contributed by atoms with Gasteiger partial charge in [0.05, 0.1) is 6.42 Å². The minimum absolute atomic E-state index is 0.0176. The topological polar surface area (TPSA) is 151 Å². The molecule has 0 aliphatic rings. The van der Waals surface area contributed by atoms with E-state index in [-0.39, 0.29) is 42.1 Å². The molecule has 0 radical (unpaired) electrons. The summed E-state index contributed by atoms with van der Waals surface area (Å²) in [5, 5.41) is 24.5. The Kier molecular flexibility index (Phi) is 7.46. The Morgan fingerprint density at radius 1 is 1.15 bits per heavy atom. The lowest BCUT2D eigenvalue weighted by molar-refractivity contribution is -0.136. The van der Waals surface area contributed by atoms with Crippen molar-refractivity contribution in [3.63, 3.8) is 0 Å². The molecule has 0 fully saturated rings. The number of aliphatic carboxylic acids is 1. The maximum atomic E-state index is 13.2. The molecule has 2 amide bonds. The van der Waals surface area contributed by atoms with Crippen LogP contribution in [0.2, 0.25) is 0 Å². The van der Waals surface area contributed by atoms with E-state index in [0.717, 1.165) is 5.56 Å². The summed E-state index contributed by atoms with van der Waals surface area (Å²) in [4.78, 5) is 43.6. The largest absolute Gasteiger partial charge is 0.504 e. The quantitative estimate of drug-likeness (QED) is 0.381. The minimum Gasteiger partial charge on any atom is -0.504 e. The van der Waals surface area contributed by atoms with Crippen molar-refractivity contribution >= 4 is 34.5 Å². The number of rotatable bonds is 9. The van der Waals surface area contributed by atoms with E-state index >= 15 is 0 Å². The second-order valence-electron chi connectivity index (χ2n) is 7.08. The molecule has 0 aliphatic heterocycles. The van der Waals surface area contributed by atoms with Crippen LogP contribution in [-0.2, 0) is 20.7 Å². The fraction of sp³-hybridized carbons (Fsp3) is 0.227. The van der Waals surface area contributed by atoms with Gasteiger partial charge in [-0.25, -0.2) is 9.37 Å². The molecule has 3 rings (SSSR count). The normalized spacial score (nSPS) is 10.7. The minimum atomic E-state index is -1.10. The average Bonchev–Trinajstić information content (AvgIpc) is 2.77. The van der Waals surface area contributed by atoms with Crippen LogP contribution in [0.1, 0.15) is 28.0 Å². The van der Waals surface area contributed by atoms with Gasteiger partial charge in [0.1, 0.15) is 23.8 Å². The Balaban J connectivity index is 2.01. The molecule has 0 aliphatic carbocycles. The van der Waals surface area contributed by atoms with Gasteiger partial charge in [-0.2, -0.15) is 0 Å². The summed E-state index contributed by atoms with van der Waals surface area (Å²) in [5.74, 6) is -3.37. The third-order valence-electron chi connectivity index (χ3n) is 4.57. The van der Waals surface area contributed by atoms with Crippen molar-refractivity contribution in [3.05, 3.63) is 59.2 Å². The van der Waals surface area contributed by atoms with Crippen molar-refractivity contribution in [3.8, 4) is 5.75 Å². The monoisotopic (exact) mass is 456 g/mol. The Morgan fingerprint density at radius 2 is 1.88 bits per heavy atom. The van der Waals surface area contributed by atoms with Crippen molar-refractivity contribution in [2.45, 2.75) is 12.8 Å². The third-order valence-corrected chi connectivity index (χ3v) is 4.57. The number of hydrogen-bond acceptors (Lipinski definition) is 7. The zero-order valence-corrected chi connectivity index (χ0v) is 17.6. The summed E-state index contributed by atoms with van der Waals surface area (Å²) < 4.78 is 18.0. The number of nitrogens with zero attached hydrogens (tertiary/aromatic N) is 2. The number of aromatic nitrogens is 2. The predicted molar refractivity (Wildman–Crippen MR) is 116 cm³/mol. The molecule has 1 aromatic carbocycles. The molecule has 0 atom stereocenters. The first-order valence-corrected chi connectivity index (χ1v) is 9.83. The number of halogens is 1. The summed E-state index contributed by atoms with van der Waals surface area (Å²) in [6.45, 7) is -0.449. The Morgan fingerprint density at radius 3 is 2.55 bits per heavy atom. The van der Waals surface area contributed by atoms with Crippen LogP contribution in [0.4, 0.5) is 10.2 Å². The number of benzene rings is 1. The first kappa shape index (κ1) is 23.5. The molecule has 2 aromatic heterocycles. The molecule has 0 bridgehead atoms. The molecule has 0 unspecified atom stereocenters.